The zero-order valence-corrected chi connectivity index (χ0v) is 51.0. The van der Waals surface area contributed by atoms with Crippen LogP contribution in [0.5, 0.6) is 0 Å². The van der Waals surface area contributed by atoms with Gasteiger partial charge in [0.2, 0.25) is 0 Å². The third-order valence-electron chi connectivity index (χ3n) is 20.2. The van der Waals surface area contributed by atoms with Gasteiger partial charge in [0, 0.05) is 22.7 Å². The average molecular weight is 1170 g/mol. The number of rotatable bonds is 12. The van der Waals surface area contributed by atoms with Crippen molar-refractivity contribution >= 4 is 11.1 Å². The predicted molar refractivity (Wildman–Crippen MR) is 385 cm³/mol. The maximum atomic E-state index is 2.74. The monoisotopic (exact) mass is 1170 g/mol. The Labute approximate surface area is 540 Å². The highest BCUT2D eigenvalue weighted by molar-refractivity contribution is 6.14. The molecule has 0 saturated carbocycles. The topological polar surface area (TPSA) is 0 Å². The second-order valence-corrected chi connectivity index (χ2v) is 24.7. The predicted octanol–water partition coefficient (Wildman–Crippen LogP) is 23.7. The number of allylic oxidation sites excluding steroid dienone is 4. The minimum atomic E-state index is -0.943. The maximum Gasteiger partial charge on any atom is 0.0464 e. The molecule has 4 aliphatic rings. The summed E-state index contributed by atoms with van der Waals surface area (Å²) in [4.78, 5) is 0. The lowest BCUT2D eigenvalue weighted by molar-refractivity contribution is 0.233. The molecule has 14 aromatic carbocycles. The Morgan fingerprint density at radius 2 is 0.402 bits per heavy atom. The minimum absolute atomic E-state index is 0.415. The smallest absolute Gasteiger partial charge is 0.0464 e. The third-order valence-corrected chi connectivity index (χ3v) is 20.2. The van der Waals surface area contributed by atoms with Gasteiger partial charge < -0.3 is 0 Å². The minimum Gasteiger partial charge on any atom is -0.0711 e. The molecular formula is C92H64. The van der Waals surface area contributed by atoms with E-state index in [1.54, 1.807) is 0 Å². The van der Waals surface area contributed by atoms with Gasteiger partial charge >= 0.3 is 0 Å². The van der Waals surface area contributed by atoms with E-state index in [-0.39, 0.29) is 0 Å². The normalized spacial score (nSPS) is 17.6. The van der Waals surface area contributed by atoms with Crippen molar-refractivity contribution in [2.75, 3.05) is 0 Å². The van der Waals surface area contributed by atoms with Crippen molar-refractivity contribution in [2.45, 2.75) is 22.7 Å². The summed E-state index contributed by atoms with van der Waals surface area (Å²) in [5.41, 5.74) is 30.2. The molecule has 4 aliphatic carbocycles. The van der Waals surface area contributed by atoms with E-state index in [1.807, 2.05) is 0 Å². The van der Waals surface area contributed by atoms with Crippen molar-refractivity contribution in [3.63, 3.8) is 0 Å². The first-order chi connectivity index (χ1) is 45.8. The number of benzene rings is 14. The van der Waals surface area contributed by atoms with E-state index in [0.717, 1.165) is 0 Å². The summed E-state index contributed by atoms with van der Waals surface area (Å²) in [6, 6.07) is 138. The Bertz CT molecular complexity index is 4830. The summed E-state index contributed by atoms with van der Waals surface area (Å²) in [6.45, 7) is 0. The highest BCUT2D eigenvalue weighted by Gasteiger charge is 2.72. The zero-order chi connectivity index (χ0) is 61.0. The van der Waals surface area contributed by atoms with Gasteiger partial charge in [-0.05, 0) is 145 Å². The van der Waals surface area contributed by atoms with E-state index in [1.165, 1.54) is 145 Å². The van der Waals surface area contributed by atoms with Crippen LogP contribution in [0.15, 0.2) is 376 Å². The van der Waals surface area contributed by atoms with Gasteiger partial charge in [0.1, 0.15) is 0 Å². The Hall–Kier alpha value is -11.4. The lowest BCUT2D eigenvalue weighted by Crippen LogP contribution is -2.63. The third kappa shape index (κ3) is 8.37. The fourth-order valence-corrected chi connectivity index (χ4v) is 17.0. The van der Waals surface area contributed by atoms with Crippen molar-refractivity contribution in [1.82, 2.24) is 0 Å². The maximum absolute atomic E-state index is 2.74. The van der Waals surface area contributed by atoms with Gasteiger partial charge in [-0.3, -0.25) is 0 Å². The zero-order valence-electron chi connectivity index (χ0n) is 51.0. The van der Waals surface area contributed by atoms with E-state index in [0.29, 0.717) is 0 Å². The Morgan fingerprint density at radius 3 is 0.685 bits per heavy atom. The van der Waals surface area contributed by atoms with Crippen molar-refractivity contribution in [2.24, 2.45) is 0 Å². The van der Waals surface area contributed by atoms with Crippen LogP contribution in [0.25, 0.3) is 100 Å². The fraction of sp³-hybridized carbons (Fsp3) is 0.0435. The second-order valence-electron chi connectivity index (χ2n) is 24.7. The largest absolute Gasteiger partial charge is 0.0711 e. The van der Waals surface area contributed by atoms with Crippen LogP contribution < -0.4 is 0 Å². The molecule has 2 bridgehead atoms. The molecule has 0 spiro atoms. The van der Waals surface area contributed by atoms with Crippen LogP contribution >= 0.6 is 0 Å². The Morgan fingerprint density at radius 1 is 0.185 bits per heavy atom. The summed E-state index contributed by atoms with van der Waals surface area (Å²) >= 11 is 0. The molecule has 0 amide bonds. The summed E-state index contributed by atoms with van der Waals surface area (Å²) in [5.74, 6) is -0.865. The molecule has 0 nitrogen and oxygen atoms in total. The molecule has 0 saturated heterocycles. The molecule has 432 valence electrons. The van der Waals surface area contributed by atoms with Gasteiger partial charge in [-0.2, -0.15) is 0 Å². The van der Waals surface area contributed by atoms with Crippen LogP contribution in [0.1, 0.15) is 56.3 Å². The van der Waals surface area contributed by atoms with E-state index >= 15 is 0 Å². The molecule has 0 heteroatoms. The molecule has 0 N–H and O–H groups in total. The van der Waals surface area contributed by atoms with Gasteiger partial charge in [-0.1, -0.05) is 376 Å². The van der Waals surface area contributed by atoms with Gasteiger partial charge in [-0.25, -0.2) is 0 Å². The molecule has 0 aromatic heterocycles. The molecule has 2 unspecified atom stereocenters. The molecule has 0 radical (unpaired) electrons. The van der Waals surface area contributed by atoms with Crippen LogP contribution in [0.4, 0.5) is 0 Å². The first-order valence-corrected chi connectivity index (χ1v) is 32.3. The van der Waals surface area contributed by atoms with Gasteiger partial charge in [-0.15, -0.1) is 0 Å². The van der Waals surface area contributed by atoms with Crippen LogP contribution in [-0.2, 0) is 10.8 Å². The van der Waals surface area contributed by atoms with Crippen molar-refractivity contribution in [1.29, 1.82) is 0 Å². The van der Waals surface area contributed by atoms with E-state index in [2.05, 4.69) is 376 Å². The van der Waals surface area contributed by atoms with E-state index in [9.17, 15) is 0 Å². The average Bonchev–Trinajstić information content (AvgIpc) is 0.628. The quantitative estimate of drug-likeness (QED) is 0.114. The standard InChI is InChI=1S/C92H64/c1-13-37-63(38-14-1)75-61-62-91(73-57-33-11-34-58-73)89-84-80(68-47-23-6-24-48-68)76(64-39-15-2-16-40-64)78(66-43-19-4-20-44-66)82(70-51-27-8-28-52-70)86(84)90(92(91,74-59-35-12-36-60-74)88(75)72-55-31-10-32-56-72)87-83(71-53-29-9-30-54-71)79(67-45-21-5-22-46-67)77(65-41-17-3-18-42-65)81(85(87)89)69-49-25-7-26-50-69/h1-62,89-90H. The number of hydrogen-bond donors (Lipinski definition) is 0. The van der Waals surface area contributed by atoms with Crippen molar-refractivity contribution < 1.29 is 0 Å². The lowest BCUT2D eigenvalue weighted by Gasteiger charge is -2.68. The second kappa shape index (κ2) is 22.9. The molecule has 2 atom stereocenters. The van der Waals surface area contributed by atoms with Crippen LogP contribution in [0.2, 0.25) is 0 Å². The van der Waals surface area contributed by atoms with Gasteiger partial charge in [0.25, 0.3) is 0 Å². The Balaban J connectivity index is 1.26. The van der Waals surface area contributed by atoms with Gasteiger partial charge in [0.05, 0.1) is 0 Å². The van der Waals surface area contributed by atoms with E-state index in [4.69, 9.17) is 0 Å². The molecule has 14 aromatic rings. The Kier molecular flexibility index (Phi) is 13.6. The fourth-order valence-electron chi connectivity index (χ4n) is 17.0. The highest BCUT2D eigenvalue weighted by atomic mass is 14.7. The van der Waals surface area contributed by atoms with Crippen LogP contribution in [-0.4, -0.2) is 0 Å². The molecule has 0 fully saturated rings. The van der Waals surface area contributed by atoms with E-state index < -0.39 is 22.7 Å². The van der Waals surface area contributed by atoms with Crippen molar-refractivity contribution in [3.05, 3.63) is 421 Å². The summed E-state index contributed by atoms with van der Waals surface area (Å²) in [7, 11) is 0. The summed E-state index contributed by atoms with van der Waals surface area (Å²) < 4.78 is 0. The first-order valence-electron chi connectivity index (χ1n) is 32.3. The highest BCUT2D eigenvalue weighted by Crippen LogP contribution is 2.81. The summed E-state index contributed by atoms with van der Waals surface area (Å²) in [6.07, 6.45) is 5.29. The molecular weight excluding hydrogens is 1110 g/mol. The SMILES string of the molecule is C1=CC2(c3ccccc3)C3c4c(-c5ccccc5)c(-c5ccccc5)c(-c5ccccc5)c(-c5ccccc5)c4C(c4c(-c5ccccc5)c(-c5ccccc5)c(-c5ccccc5)c(-c5ccccc5)c43)C2(c2ccccc2)C(c2ccccc2)=C1c1ccccc1. The first kappa shape index (κ1) is 54.7. The van der Waals surface area contributed by atoms with Crippen LogP contribution in [0, 0.1) is 0 Å². The van der Waals surface area contributed by atoms with Gasteiger partial charge in [0.15, 0.2) is 0 Å². The van der Waals surface area contributed by atoms with Crippen molar-refractivity contribution in [3.8, 4) is 89.0 Å². The summed E-state index contributed by atoms with van der Waals surface area (Å²) in [5, 5.41) is 0. The number of hydrogen-bond acceptors (Lipinski definition) is 0. The molecule has 92 heavy (non-hydrogen) atoms. The molecule has 0 aliphatic heterocycles. The van der Waals surface area contributed by atoms with Crippen LogP contribution in [0.3, 0.4) is 0 Å². The molecule has 0 heterocycles. The lowest BCUT2D eigenvalue weighted by atomic mass is 9.32. The molecule has 18 rings (SSSR count).